The largest absolute Gasteiger partial charge is 0.398 e. The van der Waals surface area contributed by atoms with E-state index in [-0.39, 0.29) is 10.9 Å². The number of para-hydroxylation sites is 1. The normalized spacial score (nSPS) is 39.3. The van der Waals surface area contributed by atoms with Crippen molar-refractivity contribution in [2.24, 2.45) is 23.7 Å². The van der Waals surface area contributed by atoms with Crippen LogP contribution < -0.4 is 10.5 Å². The fraction of sp³-hybridized carbons (Fsp3) is 0.571. The number of hydrogen-bond donors (Lipinski definition) is 2. The van der Waals surface area contributed by atoms with Crippen molar-refractivity contribution in [3.8, 4) is 0 Å². The first kappa shape index (κ1) is 11.7. The zero-order chi connectivity index (χ0) is 13.2. The number of benzene rings is 1. The van der Waals surface area contributed by atoms with Gasteiger partial charge >= 0.3 is 0 Å². The highest BCUT2D eigenvalue weighted by molar-refractivity contribution is 7.89. The van der Waals surface area contributed by atoms with Crippen LogP contribution in [0, 0.1) is 23.7 Å². The number of sulfonamides is 1. The van der Waals surface area contributed by atoms with Gasteiger partial charge in [0.1, 0.15) is 4.90 Å². The predicted octanol–water partition coefficient (Wildman–Crippen LogP) is 1.59. The number of anilines is 1. The molecule has 4 atom stereocenters. The summed E-state index contributed by atoms with van der Waals surface area (Å²) in [6.45, 7) is 0. The first-order valence-electron chi connectivity index (χ1n) is 6.95. The average Bonchev–Trinajstić information content (AvgIpc) is 2.77. The Balaban J connectivity index is 1.57. The van der Waals surface area contributed by atoms with Gasteiger partial charge in [0.2, 0.25) is 10.0 Å². The minimum absolute atomic E-state index is 0.163. The van der Waals surface area contributed by atoms with Gasteiger partial charge in [-0.1, -0.05) is 12.1 Å². The summed E-state index contributed by atoms with van der Waals surface area (Å²) in [4.78, 5) is 0.215. The summed E-state index contributed by atoms with van der Waals surface area (Å²) in [7, 11) is -3.46. The maximum Gasteiger partial charge on any atom is 0.242 e. The van der Waals surface area contributed by atoms with Crippen molar-refractivity contribution in [2.75, 3.05) is 5.73 Å². The van der Waals surface area contributed by atoms with Crippen molar-refractivity contribution in [1.82, 2.24) is 4.72 Å². The highest BCUT2D eigenvalue weighted by Gasteiger charge is 2.65. The van der Waals surface area contributed by atoms with Gasteiger partial charge in [0.25, 0.3) is 0 Å². The number of nitrogen functional groups attached to an aromatic ring is 1. The minimum Gasteiger partial charge on any atom is -0.398 e. The molecule has 1 aromatic rings. The van der Waals surface area contributed by atoms with Crippen LogP contribution in [0.5, 0.6) is 0 Å². The van der Waals surface area contributed by atoms with E-state index in [9.17, 15) is 8.42 Å². The van der Waals surface area contributed by atoms with Gasteiger partial charge < -0.3 is 5.73 Å². The van der Waals surface area contributed by atoms with E-state index in [2.05, 4.69) is 4.72 Å². The maximum absolute atomic E-state index is 12.4. The molecule has 4 unspecified atom stereocenters. The second kappa shape index (κ2) is 3.73. The van der Waals surface area contributed by atoms with E-state index in [4.69, 9.17) is 5.73 Å². The number of nitrogens with two attached hydrogens (primary N) is 1. The summed E-state index contributed by atoms with van der Waals surface area (Å²) < 4.78 is 27.6. The molecule has 1 aromatic carbocycles. The monoisotopic (exact) mass is 278 g/mol. The molecule has 3 aliphatic carbocycles. The van der Waals surface area contributed by atoms with E-state index < -0.39 is 10.0 Å². The smallest absolute Gasteiger partial charge is 0.242 e. The Hall–Kier alpha value is -1.07. The van der Waals surface area contributed by atoms with Crippen molar-refractivity contribution >= 4 is 15.7 Å². The highest BCUT2D eigenvalue weighted by Crippen LogP contribution is 2.65. The number of rotatable bonds is 3. The third kappa shape index (κ3) is 1.64. The van der Waals surface area contributed by atoms with Gasteiger partial charge in [-0.05, 0) is 55.1 Å². The molecule has 0 saturated heterocycles. The minimum atomic E-state index is -3.46. The summed E-state index contributed by atoms with van der Waals surface area (Å²) in [6.07, 6.45) is 3.90. The molecule has 3 fully saturated rings. The standard InChI is InChI=1S/C14H18N2O2S/c15-10-3-1-2-4-11(10)19(17,18)16-14-12-8-5-6-9(7-8)13(12)14/h1-4,8-9,12-14,16H,5-7,15H2. The SMILES string of the molecule is Nc1ccccc1S(=O)(=O)NC1C2C3CCC(C3)C12. The van der Waals surface area contributed by atoms with Crippen molar-refractivity contribution in [1.29, 1.82) is 0 Å². The van der Waals surface area contributed by atoms with Gasteiger partial charge in [-0.25, -0.2) is 13.1 Å². The van der Waals surface area contributed by atoms with Crippen molar-refractivity contribution in [3.05, 3.63) is 24.3 Å². The third-order valence-electron chi connectivity index (χ3n) is 5.24. The first-order chi connectivity index (χ1) is 9.08. The van der Waals surface area contributed by atoms with Crippen LogP contribution in [-0.4, -0.2) is 14.5 Å². The van der Waals surface area contributed by atoms with Crippen LogP contribution in [0.1, 0.15) is 19.3 Å². The summed E-state index contributed by atoms with van der Waals surface area (Å²) >= 11 is 0. The molecule has 0 aliphatic heterocycles. The summed E-state index contributed by atoms with van der Waals surface area (Å²) in [5.41, 5.74) is 6.09. The Labute approximate surface area is 113 Å². The molecule has 3 aliphatic rings. The van der Waals surface area contributed by atoms with Gasteiger partial charge in [-0.3, -0.25) is 0 Å². The Morgan fingerprint density at radius 2 is 1.74 bits per heavy atom. The second-order valence-electron chi connectivity index (χ2n) is 6.17. The summed E-state index contributed by atoms with van der Waals surface area (Å²) in [5.74, 6) is 2.71. The topological polar surface area (TPSA) is 72.2 Å². The molecule has 0 spiro atoms. The quantitative estimate of drug-likeness (QED) is 0.825. The lowest BCUT2D eigenvalue weighted by atomic mass is 10.0. The lowest BCUT2D eigenvalue weighted by molar-refractivity contribution is 0.456. The van der Waals surface area contributed by atoms with E-state index in [1.54, 1.807) is 24.3 Å². The van der Waals surface area contributed by atoms with Gasteiger partial charge in [0.05, 0.1) is 5.69 Å². The Morgan fingerprint density at radius 3 is 2.37 bits per heavy atom. The molecule has 0 heterocycles. The molecule has 102 valence electrons. The summed E-state index contributed by atoms with van der Waals surface area (Å²) in [5, 5.41) is 0. The van der Waals surface area contributed by atoms with Crippen LogP contribution in [0.4, 0.5) is 5.69 Å². The summed E-state index contributed by atoms with van der Waals surface area (Å²) in [6, 6.07) is 6.83. The van der Waals surface area contributed by atoms with Crippen LogP contribution in [-0.2, 0) is 10.0 Å². The van der Waals surface area contributed by atoms with Gasteiger partial charge in [-0.2, -0.15) is 0 Å². The number of nitrogens with one attached hydrogen (secondary N) is 1. The van der Waals surface area contributed by atoms with Crippen LogP contribution in [0.25, 0.3) is 0 Å². The molecule has 19 heavy (non-hydrogen) atoms. The van der Waals surface area contributed by atoms with E-state index in [1.165, 1.54) is 19.3 Å². The molecule has 4 rings (SSSR count). The molecule has 0 radical (unpaired) electrons. The molecule has 0 aromatic heterocycles. The van der Waals surface area contributed by atoms with Crippen molar-refractivity contribution < 1.29 is 8.42 Å². The predicted molar refractivity (Wildman–Crippen MR) is 72.8 cm³/mol. The third-order valence-corrected chi connectivity index (χ3v) is 6.77. The molecule has 2 bridgehead atoms. The highest BCUT2D eigenvalue weighted by atomic mass is 32.2. The first-order valence-corrected chi connectivity index (χ1v) is 8.43. The van der Waals surface area contributed by atoms with Crippen LogP contribution in [0.15, 0.2) is 29.2 Å². The van der Waals surface area contributed by atoms with Crippen LogP contribution >= 0.6 is 0 Å². The van der Waals surface area contributed by atoms with Crippen LogP contribution in [0.3, 0.4) is 0 Å². The molecular formula is C14H18N2O2S. The Kier molecular flexibility index (Phi) is 2.30. The lowest BCUT2D eigenvalue weighted by Crippen LogP contribution is -2.30. The molecule has 0 amide bonds. The molecular weight excluding hydrogens is 260 g/mol. The molecule has 5 heteroatoms. The average molecular weight is 278 g/mol. The fourth-order valence-electron chi connectivity index (χ4n) is 4.45. The second-order valence-corrected chi connectivity index (χ2v) is 7.86. The fourth-order valence-corrected chi connectivity index (χ4v) is 5.89. The van der Waals surface area contributed by atoms with Crippen LogP contribution in [0.2, 0.25) is 0 Å². The number of hydrogen-bond acceptors (Lipinski definition) is 3. The van der Waals surface area contributed by atoms with Crippen molar-refractivity contribution in [3.63, 3.8) is 0 Å². The lowest BCUT2D eigenvalue weighted by Gasteiger charge is -2.12. The Morgan fingerprint density at radius 1 is 1.11 bits per heavy atom. The zero-order valence-corrected chi connectivity index (χ0v) is 11.4. The molecule has 3 N–H and O–H groups in total. The number of fused-ring (bicyclic) bond motifs is 5. The van der Waals surface area contributed by atoms with Gasteiger partial charge in [-0.15, -0.1) is 0 Å². The van der Waals surface area contributed by atoms with Crippen molar-refractivity contribution in [2.45, 2.75) is 30.2 Å². The molecule has 3 saturated carbocycles. The van der Waals surface area contributed by atoms with Gasteiger partial charge in [0.15, 0.2) is 0 Å². The zero-order valence-electron chi connectivity index (χ0n) is 10.6. The molecule has 4 nitrogen and oxygen atoms in total. The Bertz CT molecular complexity index is 612. The van der Waals surface area contributed by atoms with Gasteiger partial charge in [0, 0.05) is 6.04 Å². The maximum atomic E-state index is 12.4. The van der Waals surface area contributed by atoms with E-state index in [0.717, 1.165) is 11.8 Å². The van der Waals surface area contributed by atoms with E-state index in [0.29, 0.717) is 17.5 Å². The van der Waals surface area contributed by atoms with E-state index in [1.807, 2.05) is 0 Å². The van der Waals surface area contributed by atoms with E-state index >= 15 is 0 Å².